The van der Waals surface area contributed by atoms with Gasteiger partial charge in [0.1, 0.15) is 11.8 Å². The van der Waals surface area contributed by atoms with Gasteiger partial charge in [0.25, 0.3) is 0 Å². The summed E-state index contributed by atoms with van der Waals surface area (Å²) in [6.07, 6.45) is -4.52. The van der Waals surface area contributed by atoms with Crippen LogP contribution in [0.2, 0.25) is 0 Å². The molecule has 0 aliphatic carbocycles. The molecule has 0 spiro atoms. The van der Waals surface area contributed by atoms with Crippen LogP contribution in [0.3, 0.4) is 0 Å². The van der Waals surface area contributed by atoms with Crippen LogP contribution in [0.4, 0.5) is 13.2 Å². The Morgan fingerprint density at radius 1 is 1.23 bits per heavy atom. The molecule has 6 nitrogen and oxygen atoms in total. The maximum Gasteiger partial charge on any atom is 0.405 e. The maximum atomic E-state index is 13.3. The lowest BCUT2D eigenvalue weighted by atomic mass is 10.2. The van der Waals surface area contributed by atoms with Crippen molar-refractivity contribution in [2.75, 3.05) is 39.3 Å². The largest absolute Gasteiger partial charge is 0.494 e. The Kier molecular flexibility index (Phi) is 8.61. The zero-order valence-electron chi connectivity index (χ0n) is 14.3. The first-order chi connectivity index (χ1) is 11.7. The summed E-state index contributed by atoms with van der Waals surface area (Å²) in [5, 5.41) is 2.98. The van der Waals surface area contributed by atoms with Crippen molar-refractivity contribution < 1.29 is 26.3 Å². The SMILES string of the molecule is CCOc1ccc(S(=O)(=O)NCC(N2CCNCC2)C(F)(F)F)cc1.Cl. The van der Waals surface area contributed by atoms with Crippen molar-refractivity contribution in [1.29, 1.82) is 0 Å². The van der Waals surface area contributed by atoms with Crippen LogP contribution < -0.4 is 14.8 Å². The van der Waals surface area contributed by atoms with E-state index in [1.54, 1.807) is 6.92 Å². The smallest absolute Gasteiger partial charge is 0.405 e. The zero-order valence-corrected chi connectivity index (χ0v) is 15.9. The van der Waals surface area contributed by atoms with Crippen LogP contribution >= 0.6 is 12.4 Å². The molecule has 150 valence electrons. The number of nitrogens with one attached hydrogen (secondary N) is 2. The lowest BCUT2D eigenvalue weighted by Gasteiger charge is -2.35. The summed E-state index contributed by atoms with van der Waals surface area (Å²) < 4.78 is 71.7. The van der Waals surface area contributed by atoms with Crippen molar-refractivity contribution in [3.63, 3.8) is 0 Å². The number of halogens is 4. The van der Waals surface area contributed by atoms with Crippen LogP contribution in [0.15, 0.2) is 29.2 Å². The standard InChI is InChI=1S/C15H22F3N3O3S.ClH/c1-2-24-12-3-5-13(6-4-12)25(22,23)20-11-14(15(16,17)18)21-9-7-19-8-10-21;/h3-6,14,19-20H,2,7-11H2,1H3;1H. The van der Waals surface area contributed by atoms with Crippen molar-refractivity contribution in [2.24, 2.45) is 0 Å². The van der Waals surface area contributed by atoms with Gasteiger partial charge in [-0.15, -0.1) is 12.4 Å². The number of hydrogen-bond donors (Lipinski definition) is 2. The van der Waals surface area contributed by atoms with E-state index in [4.69, 9.17) is 4.74 Å². The summed E-state index contributed by atoms with van der Waals surface area (Å²) in [5.41, 5.74) is 0. The average molecular weight is 418 g/mol. The first kappa shape index (κ1) is 23.0. The van der Waals surface area contributed by atoms with Crippen molar-refractivity contribution in [1.82, 2.24) is 14.9 Å². The van der Waals surface area contributed by atoms with Gasteiger partial charge < -0.3 is 10.1 Å². The van der Waals surface area contributed by atoms with Crippen LogP contribution in [0.5, 0.6) is 5.75 Å². The first-order valence-corrected chi connectivity index (χ1v) is 9.46. The number of nitrogens with zero attached hydrogens (tertiary/aromatic N) is 1. The van der Waals surface area contributed by atoms with E-state index in [1.165, 1.54) is 29.2 Å². The van der Waals surface area contributed by atoms with E-state index in [0.717, 1.165) is 0 Å². The van der Waals surface area contributed by atoms with Gasteiger partial charge in [-0.3, -0.25) is 4.90 Å². The van der Waals surface area contributed by atoms with Gasteiger partial charge in [0.05, 0.1) is 11.5 Å². The Morgan fingerprint density at radius 3 is 2.31 bits per heavy atom. The van der Waals surface area contributed by atoms with Crippen molar-refractivity contribution in [3.8, 4) is 5.75 Å². The number of hydrogen-bond acceptors (Lipinski definition) is 5. The highest BCUT2D eigenvalue weighted by Crippen LogP contribution is 2.25. The van der Waals surface area contributed by atoms with E-state index in [-0.39, 0.29) is 30.4 Å². The minimum absolute atomic E-state index is 0. The maximum absolute atomic E-state index is 13.3. The minimum Gasteiger partial charge on any atom is -0.494 e. The topological polar surface area (TPSA) is 70.7 Å². The molecule has 11 heteroatoms. The van der Waals surface area contributed by atoms with Crippen LogP contribution in [-0.4, -0.2) is 64.9 Å². The fourth-order valence-corrected chi connectivity index (χ4v) is 3.64. The molecule has 0 radical (unpaired) electrons. The third-order valence-corrected chi connectivity index (χ3v) is 5.32. The molecule has 0 amide bonds. The molecular weight excluding hydrogens is 395 g/mol. The summed E-state index contributed by atoms with van der Waals surface area (Å²) >= 11 is 0. The van der Waals surface area contributed by atoms with E-state index in [2.05, 4.69) is 10.0 Å². The lowest BCUT2D eigenvalue weighted by molar-refractivity contribution is -0.182. The third-order valence-electron chi connectivity index (χ3n) is 3.88. The van der Waals surface area contributed by atoms with E-state index < -0.39 is 28.8 Å². The Morgan fingerprint density at radius 2 is 1.81 bits per heavy atom. The molecule has 1 fully saturated rings. The number of alkyl halides is 3. The second-order valence-electron chi connectivity index (χ2n) is 5.60. The van der Waals surface area contributed by atoms with E-state index in [0.29, 0.717) is 25.4 Å². The molecule has 1 aliphatic heterocycles. The quantitative estimate of drug-likeness (QED) is 0.705. The molecule has 0 bridgehead atoms. The molecular formula is C15H23ClF3N3O3S. The van der Waals surface area contributed by atoms with Crippen LogP contribution in [-0.2, 0) is 10.0 Å². The van der Waals surface area contributed by atoms with Gasteiger partial charge in [-0.05, 0) is 31.2 Å². The minimum atomic E-state index is -4.52. The number of benzene rings is 1. The van der Waals surface area contributed by atoms with Gasteiger partial charge in [-0.1, -0.05) is 0 Å². The first-order valence-electron chi connectivity index (χ1n) is 7.98. The van der Waals surface area contributed by atoms with Gasteiger partial charge in [-0.2, -0.15) is 13.2 Å². The monoisotopic (exact) mass is 417 g/mol. The molecule has 2 N–H and O–H groups in total. The normalized spacial score (nSPS) is 17.4. The molecule has 1 unspecified atom stereocenters. The number of sulfonamides is 1. The Balaban J connectivity index is 0.00000338. The molecule has 1 aliphatic rings. The van der Waals surface area contributed by atoms with Gasteiger partial charge in [-0.25, -0.2) is 13.1 Å². The summed E-state index contributed by atoms with van der Waals surface area (Å²) in [6, 6.07) is 3.69. The van der Waals surface area contributed by atoms with Gasteiger partial charge in [0.15, 0.2) is 0 Å². The average Bonchev–Trinajstić information content (AvgIpc) is 2.55. The van der Waals surface area contributed by atoms with E-state index in [1.807, 2.05) is 0 Å². The van der Waals surface area contributed by atoms with Crippen LogP contribution in [0.25, 0.3) is 0 Å². The highest BCUT2D eigenvalue weighted by atomic mass is 35.5. The lowest BCUT2D eigenvalue weighted by Crippen LogP contribution is -2.57. The van der Waals surface area contributed by atoms with Gasteiger partial charge >= 0.3 is 6.18 Å². The highest BCUT2D eigenvalue weighted by Gasteiger charge is 2.44. The predicted molar refractivity (Wildman–Crippen MR) is 94.3 cm³/mol. The molecule has 1 aromatic carbocycles. The van der Waals surface area contributed by atoms with Crippen LogP contribution in [0.1, 0.15) is 6.92 Å². The van der Waals surface area contributed by atoms with Crippen LogP contribution in [0, 0.1) is 0 Å². The van der Waals surface area contributed by atoms with Crippen molar-refractivity contribution >= 4 is 22.4 Å². The van der Waals surface area contributed by atoms with Crippen molar-refractivity contribution in [2.45, 2.75) is 24.0 Å². The summed E-state index contributed by atoms with van der Waals surface area (Å²) in [7, 11) is -4.03. The molecule has 0 aromatic heterocycles. The number of piperazine rings is 1. The zero-order chi connectivity index (χ0) is 18.5. The number of rotatable bonds is 7. The molecule has 1 atom stereocenters. The fraction of sp³-hybridized carbons (Fsp3) is 0.600. The number of ether oxygens (including phenoxy) is 1. The molecule has 2 rings (SSSR count). The van der Waals surface area contributed by atoms with Gasteiger partial charge in [0, 0.05) is 32.7 Å². The molecule has 0 saturated carbocycles. The molecule has 1 heterocycles. The summed E-state index contributed by atoms with van der Waals surface area (Å²) in [4.78, 5) is 1.15. The second kappa shape index (κ2) is 9.75. The third kappa shape index (κ3) is 6.27. The second-order valence-corrected chi connectivity index (χ2v) is 7.37. The molecule has 1 aromatic rings. The fourth-order valence-electron chi connectivity index (χ4n) is 2.60. The predicted octanol–water partition coefficient (Wildman–Crippen LogP) is 1.62. The highest BCUT2D eigenvalue weighted by molar-refractivity contribution is 7.89. The molecule has 1 saturated heterocycles. The van der Waals surface area contributed by atoms with E-state index in [9.17, 15) is 21.6 Å². The van der Waals surface area contributed by atoms with Crippen molar-refractivity contribution in [3.05, 3.63) is 24.3 Å². The Labute approximate surface area is 157 Å². The summed E-state index contributed by atoms with van der Waals surface area (Å²) in [6.45, 7) is 2.82. The summed E-state index contributed by atoms with van der Waals surface area (Å²) in [5.74, 6) is 0.496. The Hall–Kier alpha value is -1.07. The Bertz CT molecular complexity index is 650. The van der Waals surface area contributed by atoms with E-state index >= 15 is 0 Å². The molecule has 26 heavy (non-hydrogen) atoms. The van der Waals surface area contributed by atoms with Gasteiger partial charge in [0.2, 0.25) is 10.0 Å².